The maximum absolute atomic E-state index is 12.1. The zero-order valence-electron chi connectivity index (χ0n) is 30.7. The number of allylic oxidation sites excluding steroid dienone is 14. The summed E-state index contributed by atoms with van der Waals surface area (Å²) < 4.78 is 10.5. The second kappa shape index (κ2) is 38.5. The maximum atomic E-state index is 12.1. The number of carbonyl (C=O) groups excluding carboxylic acids is 2. The van der Waals surface area contributed by atoms with Crippen molar-refractivity contribution in [2.75, 3.05) is 13.2 Å². The molecular formula is C43H70O5. The number of ether oxygens (including phenoxy) is 2. The number of unbranched alkanes of at least 4 members (excludes halogenated alkanes) is 11. The molecule has 0 rings (SSSR count). The Bertz CT molecular complexity index is 937. The molecule has 0 saturated heterocycles. The van der Waals surface area contributed by atoms with Crippen molar-refractivity contribution >= 4 is 11.9 Å². The fraction of sp³-hybridized carbons (Fsp3) is 0.628. The zero-order valence-corrected chi connectivity index (χ0v) is 30.7. The van der Waals surface area contributed by atoms with Crippen molar-refractivity contribution in [3.63, 3.8) is 0 Å². The number of rotatable bonds is 33. The van der Waals surface area contributed by atoms with E-state index in [1.165, 1.54) is 64.2 Å². The van der Waals surface area contributed by atoms with Gasteiger partial charge in [0.1, 0.15) is 6.61 Å². The van der Waals surface area contributed by atoms with Crippen LogP contribution >= 0.6 is 0 Å². The summed E-state index contributed by atoms with van der Waals surface area (Å²) in [6, 6.07) is 0. The first-order chi connectivity index (χ1) is 23.6. The van der Waals surface area contributed by atoms with Gasteiger partial charge in [-0.15, -0.1) is 0 Å². The van der Waals surface area contributed by atoms with E-state index in [0.717, 1.165) is 57.8 Å². The van der Waals surface area contributed by atoms with Gasteiger partial charge in [-0.05, 0) is 77.0 Å². The molecule has 0 amide bonds. The average Bonchev–Trinajstić information content (AvgIpc) is 3.09. The molecule has 48 heavy (non-hydrogen) atoms. The summed E-state index contributed by atoms with van der Waals surface area (Å²) in [5.74, 6) is -0.702. The Kier molecular flexibility index (Phi) is 36.2. The molecule has 0 bridgehead atoms. The standard InChI is InChI=1S/C43H70O5/c1-3-5-7-9-11-13-15-17-19-20-21-22-24-26-28-30-32-34-36-38-43(46)48-41(39-44)40-47-42(45)37-35-33-31-29-27-25-23-18-16-14-12-10-8-6-4-2/h5,7,11,13-14,16-17,19,21-22,26,28,32,34,41,44H,3-4,6,8-10,12,15,18,20,23-25,27,29-31,33,35-40H2,1-2H3/t41-/m0/s1. The number of hydrogen-bond donors (Lipinski definition) is 1. The largest absolute Gasteiger partial charge is 0.462 e. The molecular weight excluding hydrogens is 596 g/mol. The van der Waals surface area contributed by atoms with Crippen molar-refractivity contribution in [2.45, 2.75) is 161 Å². The SMILES string of the molecule is CCC=CCC=CCC=CCC=CCC=CCC=CCCC(=O)O[C@@H](CO)COC(=O)CCCCCCCCCC=CCCCCCC. The molecule has 1 N–H and O–H groups in total. The van der Waals surface area contributed by atoms with E-state index in [9.17, 15) is 14.7 Å². The molecule has 0 aliphatic heterocycles. The number of carbonyl (C=O) groups is 2. The van der Waals surface area contributed by atoms with Gasteiger partial charge in [0.15, 0.2) is 6.10 Å². The van der Waals surface area contributed by atoms with Crippen LogP contribution in [0.4, 0.5) is 0 Å². The molecule has 5 nitrogen and oxygen atoms in total. The first kappa shape index (κ1) is 45.1. The van der Waals surface area contributed by atoms with Gasteiger partial charge >= 0.3 is 11.9 Å². The molecule has 0 fully saturated rings. The Morgan fingerprint density at radius 2 is 0.938 bits per heavy atom. The van der Waals surface area contributed by atoms with Crippen molar-refractivity contribution in [3.05, 3.63) is 85.1 Å². The third-order valence-corrected chi connectivity index (χ3v) is 7.69. The van der Waals surface area contributed by atoms with Crippen molar-refractivity contribution in [2.24, 2.45) is 0 Å². The number of esters is 2. The molecule has 1 atom stereocenters. The van der Waals surface area contributed by atoms with Crippen molar-refractivity contribution < 1.29 is 24.2 Å². The molecule has 0 saturated carbocycles. The number of aliphatic hydroxyl groups is 1. The lowest BCUT2D eigenvalue weighted by Gasteiger charge is -2.15. The van der Waals surface area contributed by atoms with Crippen LogP contribution in [-0.2, 0) is 19.1 Å². The van der Waals surface area contributed by atoms with Crippen LogP contribution in [0.5, 0.6) is 0 Å². The van der Waals surface area contributed by atoms with E-state index in [1.807, 2.05) is 12.2 Å². The minimum absolute atomic E-state index is 0.103. The van der Waals surface area contributed by atoms with Crippen LogP contribution in [0.25, 0.3) is 0 Å². The first-order valence-corrected chi connectivity index (χ1v) is 19.1. The van der Waals surface area contributed by atoms with Gasteiger partial charge in [-0.2, -0.15) is 0 Å². The van der Waals surface area contributed by atoms with Crippen LogP contribution in [0, 0.1) is 0 Å². The molecule has 0 aromatic heterocycles. The molecule has 0 aromatic rings. The summed E-state index contributed by atoms with van der Waals surface area (Å²) in [5, 5.41) is 9.53. The van der Waals surface area contributed by atoms with E-state index in [1.54, 1.807) is 0 Å². The Labute approximate surface area is 295 Å². The highest BCUT2D eigenvalue weighted by molar-refractivity contribution is 5.70. The smallest absolute Gasteiger partial charge is 0.306 e. The van der Waals surface area contributed by atoms with Crippen LogP contribution in [0.2, 0.25) is 0 Å². The van der Waals surface area contributed by atoms with Gasteiger partial charge < -0.3 is 14.6 Å². The first-order valence-electron chi connectivity index (χ1n) is 19.1. The Morgan fingerprint density at radius 3 is 1.44 bits per heavy atom. The Morgan fingerprint density at radius 1 is 0.500 bits per heavy atom. The van der Waals surface area contributed by atoms with E-state index < -0.39 is 12.1 Å². The lowest BCUT2D eigenvalue weighted by molar-refractivity contribution is -0.161. The summed E-state index contributed by atoms with van der Waals surface area (Å²) in [6.07, 6.45) is 52.2. The van der Waals surface area contributed by atoms with Crippen molar-refractivity contribution in [1.29, 1.82) is 0 Å². The van der Waals surface area contributed by atoms with Gasteiger partial charge in [-0.25, -0.2) is 0 Å². The average molecular weight is 667 g/mol. The summed E-state index contributed by atoms with van der Waals surface area (Å²) in [5.41, 5.74) is 0. The summed E-state index contributed by atoms with van der Waals surface area (Å²) in [7, 11) is 0. The van der Waals surface area contributed by atoms with Crippen molar-refractivity contribution in [1.82, 2.24) is 0 Å². The van der Waals surface area contributed by atoms with Gasteiger partial charge in [0.2, 0.25) is 0 Å². The van der Waals surface area contributed by atoms with Crippen LogP contribution in [0.15, 0.2) is 85.1 Å². The van der Waals surface area contributed by atoms with Gasteiger partial charge in [-0.3, -0.25) is 9.59 Å². The molecule has 5 heteroatoms. The number of hydrogen-bond acceptors (Lipinski definition) is 5. The predicted octanol–water partition coefficient (Wildman–Crippen LogP) is 11.9. The van der Waals surface area contributed by atoms with E-state index in [-0.39, 0.29) is 25.6 Å². The maximum Gasteiger partial charge on any atom is 0.306 e. The minimum atomic E-state index is -0.817. The Hall–Kier alpha value is -2.92. The van der Waals surface area contributed by atoms with E-state index in [0.29, 0.717) is 12.8 Å². The molecule has 0 aliphatic carbocycles. The highest BCUT2D eigenvalue weighted by atomic mass is 16.6. The lowest BCUT2D eigenvalue weighted by Crippen LogP contribution is -2.28. The van der Waals surface area contributed by atoms with Gasteiger partial charge in [0.25, 0.3) is 0 Å². The predicted molar refractivity (Wildman–Crippen MR) is 205 cm³/mol. The second-order valence-corrected chi connectivity index (χ2v) is 12.3. The normalized spacial score (nSPS) is 13.1. The van der Waals surface area contributed by atoms with Crippen LogP contribution in [0.3, 0.4) is 0 Å². The third-order valence-electron chi connectivity index (χ3n) is 7.69. The molecule has 0 aromatic carbocycles. The molecule has 0 unspecified atom stereocenters. The molecule has 272 valence electrons. The fourth-order valence-electron chi connectivity index (χ4n) is 4.81. The van der Waals surface area contributed by atoms with E-state index in [2.05, 4.69) is 86.8 Å². The summed E-state index contributed by atoms with van der Waals surface area (Å²) in [4.78, 5) is 24.2. The Balaban J connectivity index is 3.74. The zero-order chi connectivity index (χ0) is 35.0. The van der Waals surface area contributed by atoms with E-state index in [4.69, 9.17) is 9.47 Å². The number of aliphatic hydroxyl groups excluding tert-OH is 1. The van der Waals surface area contributed by atoms with Gasteiger partial charge in [0, 0.05) is 12.8 Å². The van der Waals surface area contributed by atoms with Gasteiger partial charge in [0.05, 0.1) is 6.61 Å². The lowest BCUT2D eigenvalue weighted by atomic mass is 10.1. The molecule has 0 radical (unpaired) electrons. The van der Waals surface area contributed by atoms with E-state index >= 15 is 0 Å². The molecule has 0 spiro atoms. The third kappa shape index (κ3) is 35.9. The van der Waals surface area contributed by atoms with Crippen LogP contribution in [0.1, 0.15) is 155 Å². The monoisotopic (exact) mass is 667 g/mol. The molecule has 0 heterocycles. The van der Waals surface area contributed by atoms with Crippen LogP contribution in [-0.4, -0.2) is 36.4 Å². The topological polar surface area (TPSA) is 72.8 Å². The summed E-state index contributed by atoms with van der Waals surface area (Å²) >= 11 is 0. The van der Waals surface area contributed by atoms with Crippen molar-refractivity contribution in [3.8, 4) is 0 Å². The second-order valence-electron chi connectivity index (χ2n) is 12.3. The summed E-state index contributed by atoms with van der Waals surface area (Å²) in [6.45, 7) is 3.92. The highest BCUT2D eigenvalue weighted by Gasteiger charge is 2.15. The molecule has 0 aliphatic rings. The van der Waals surface area contributed by atoms with Crippen LogP contribution < -0.4 is 0 Å². The highest BCUT2D eigenvalue weighted by Crippen LogP contribution is 2.11. The fourth-order valence-corrected chi connectivity index (χ4v) is 4.81. The van der Waals surface area contributed by atoms with Gasteiger partial charge in [-0.1, -0.05) is 150 Å². The quantitative estimate of drug-likeness (QED) is 0.0429. The minimum Gasteiger partial charge on any atom is -0.462 e.